The van der Waals surface area contributed by atoms with Crippen molar-refractivity contribution in [1.82, 2.24) is 4.90 Å². The summed E-state index contributed by atoms with van der Waals surface area (Å²) in [5, 5.41) is 10.9. The molecule has 1 heterocycles. The lowest BCUT2D eigenvalue weighted by molar-refractivity contribution is -0.141. The Morgan fingerprint density at radius 2 is 1.51 bits per heavy atom. The summed E-state index contributed by atoms with van der Waals surface area (Å²) < 4.78 is 17.8. The van der Waals surface area contributed by atoms with E-state index in [9.17, 15) is 9.90 Å². The highest BCUT2D eigenvalue weighted by Crippen LogP contribution is 2.45. The van der Waals surface area contributed by atoms with Crippen LogP contribution in [0.5, 0.6) is 11.5 Å². The van der Waals surface area contributed by atoms with Crippen molar-refractivity contribution >= 4 is 5.91 Å². The molecule has 7 heteroatoms. The van der Waals surface area contributed by atoms with Gasteiger partial charge < -0.3 is 30.0 Å². The maximum absolute atomic E-state index is 13.6. The zero-order valence-corrected chi connectivity index (χ0v) is 22.9. The minimum atomic E-state index is -1.03. The van der Waals surface area contributed by atoms with E-state index in [4.69, 9.17) is 19.9 Å². The lowest BCUT2D eigenvalue weighted by Gasteiger charge is -2.44. The van der Waals surface area contributed by atoms with Crippen LogP contribution in [-0.2, 0) is 21.7 Å². The smallest absolute Gasteiger partial charge is 0.223 e. The lowest BCUT2D eigenvalue weighted by Crippen LogP contribution is -2.52. The van der Waals surface area contributed by atoms with Crippen LogP contribution in [0.4, 0.5) is 0 Å². The first-order valence-electron chi connectivity index (χ1n) is 13.7. The molecule has 1 amide bonds. The number of aliphatic hydroxyl groups excluding tert-OH is 1. The molecule has 4 rings (SSSR count). The molecule has 1 saturated heterocycles. The largest absolute Gasteiger partial charge is 0.497 e. The van der Waals surface area contributed by atoms with Crippen LogP contribution in [0.15, 0.2) is 78.9 Å². The van der Waals surface area contributed by atoms with E-state index in [0.717, 1.165) is 47.5 Å². The number of carbonyl (C=O) groups is 1. The number of nitrogens with two attached hydrogens (primary N) is 1. The third kappa shape index (κ3) is 6.61. The fraction of sp³-hybridized carbons (Fsp3) is 0.406. The molecule has 0 spiro atoms. The summed E-state index contributed by atoms with van der Waals surface area (Å²) in [5.74, 6) is 1.53. The molecule has 0 aliphatic carbocycles. The zero-order valence-electron chi connectivity index (χ0n) is 22.9. The van der Waals surface area contributed by atoms with Gasteiger partial charge in [0.25, 0.3) is 0 Å². The standard InChI is InChI=1S/C32H40N2O5/c1-37-28-16-12-24(13-17-28)23-39-32(25-9-5-3-6-10-25,26-14-18-29(38-2)19-15-26)30-21-27(35)22-34(30)31(36)11-7-4-8-20-33/h3,5-6,9-10,12-19,27,30,35H,4,7-8,11,20-23,33H2,1-2H3. The molecule has 3 aromatic rings. The molecule has 3 N–H and O–H groups in total. The summed E-state index contributed by atoms with van der Waals surface area (Å²) in [6.45, 7) is 1.19. The van der Waals surface area contributed by atoms with Gasteiger partial charge >= 0.3 is 0 Å². The van der Waals surface area contributed by atoms with Crippen molar-refractivity contribution in [2.24, 2.45) is 5.73 Å². The summed E-state index contributed by atoms with van der Waals surface area (Å²) in [4.78, 5) is 15.4. The van der Waals surface area contributed by atoms with Gasteiger partial charge in [-0.1, -0.05) is 61.0 Å². The van der Waals surface area contributed by atoms with Gasteiger partial charge in [-0.2, -0.15) is 0 Å². The van der Waals surface area contributed by atoms with Crippen molar-refractivity contribution in [2.75, 3.05) is 27.3 Å². The van der Waals surface area contributed by atoms with Crippen LogP contribution in [0.3, 0.4) is 0 Å². The molecule has 208 valence electrons. The van der Waals surface area contributed by atoms with Gasteiger partial charge in [0.2, 0.25) is 5.91 Å². The van der Waals surface area contributed by atoms with Gasteiger partial charge in [0, 0.05) is 13.0 Å². The predicted molar refractivity (Wildman–Crippen MR) is 152 cm³/mol. The van der Waals surface area contributed by atoms with Crippen LogP contribution in [-0.4, -0.2) is 55.4 Å². The van der Waals surface area contributed by atoms with E-state index in [2.05, 4.69) is 0 Å². The molecule has 1 aliphatic heterocycles. The fourth-order valence-electron chi connectivity index (χ4n) is 5.47. The number of benzene rings is 3. The molecule has 0 radical (unpaired) electrons. The van der Waals surface area contributed by atoms with E-state index in [1.165, 1.54) is 0 Å². The van der Waals surface area contributed by atoms with Crippen LogP contribution in [0.1, 0.15) is 48.8 Å². The van der Waals surface area contributed by atoms with Crippen LogP contribution >= 0.6 is 0 Å². The number of hydrogen-bond donors (Lipinski definition) is 2. The predicted octanol–water partition coefficient (Wildman–Crippen LogP) is 4.65. The Bertz CT molecular complexity index is 1170. The third-order valence-corrected chi connectivity index (χ3v) is 7.51. The number of likely N-dealkylation sites (tertiary alicyclic amines) is 1. The Balaban J connectivity index is 1.78. The topological polar surface area (TPSA) is 94.2 Å². The molecule has 3 atom stereocenters. The van der Waals surface area contributed by atoms with Crippen molar-refractivity contribution < 1.29 is 24.1 Å². The highest BCUT2D eigenvalue weighted by molar-refractivity contribution is 5.77. The molecule has 3 unspecified atom stereocenters. The molecule has 0 bridgehead atoms. The number of nitrogens with zero attached hydrogens (tertiary/aromatic N) is 1. The maximum atomic E-state index is 13.6. The van der Waals surface area contributed by atoms with Crippen molar-refractivity contribution in [3.63, 3.8) is 0 Å². The summed E-state index contributed by atoms with van der Waals surface area (Å²) >= 11 is 0. The van der Waals surface area contributed by atoms with Crippen molar-refractivity contribution in [2.45, 2.75) is 56.5 Å². The van der Waals surface area contributed by atoms with Crippen LogP contribution in [0, 0.1) is 0 Å². The first kappa shape index (κ1) is 28.6. The Morgan fingerprint density at radius 1 is 0.897 bits per heavy atom. The third-order valence-electron chi connectivity index (χ3n) is 7.51. The van der Waals surface area contributed by atoms with Crippen LogP contribution in [0.2, 0.25) is 0 Å². The first-order chi connectivity index (χ1) is 19.0. The summed E-state index contributed by atoms with van der Waals surface area (Å²) in [6.07, 6.45) is 2.73. The molecule has 0 saturated carbocycles. The normalized spacial score (nSPS) is 18.5. The lowest BCUT2D eigenvalue weighted by atomic mass is 9.78. The van der Waals surface area contributed by atoms with Gasteiger partial charge in [-0.05, 0) is 66.8 Å². The Labute approximate surface area is 231 Å². The van der Waals surface area contributed by atoms with E-state index < -0.39 is 17.7 Å². The van der Waals surface area contributed by atoms with Gasteiger partial charge in [-0.25, -0.2) is 0 Å². The average Bonchev–Trinajstić information content (AvgIpc) is 3.38. The van der Waals surface area contributed by atoms with Crippen molar-refractivity contribution in [1.29, 1.82) is 0 Å². The minimum Gasteiger partial charge on any atom is -0.497 e. The number of β-amino-alcohol motifs (C(OH)–C–C–N with tert-alkyl or cyclic N) is 1. The summed E-state index contributed by atoms with van der Waals surface area (Å²) in [7, 11) is 3.28. The van der Waals surface area contributed by atoms with E-state index in [0.29, 0.717) is 26.0 Å². The second-order valence-corrected chi connectivity index (χ2v) is 10.0. The first-order valence-corrected chi connectivity index (χ1v) is 13.7. The second kappa shape index (κ2) is 13.6. The molecule has 1 aliphatic rings. The van der Waals surface area contributed by atoms with Crippen LogP contribution in [0.25, 0.3) is 0 Å². The molecular formula is C32H40N2O5. The summed E-state index contributed by atoms with van der Waals surface area (Å²) in [6, 6.07) is 25.2. The molecule has 0 aromatic heterocycles. The van der Waals surface area contributed by atoms with Gasteiger partial charge in [-0.15, -0.1) is 0 Å². The van der Waals surface area contributed by atoms with Crippen molar-refractivity contribution in [3.8, 4) is 11.5 Å². The highest BCUT2D eigenvalue weighted by atomic mass is 16.5. The quantitative estimate of drug-likeness (QED) is 0.312. The maximum Gasteiger partial charge on any atom is 0.223 e. The van der Waals surface area contributed by atoms with Crippen LogP contribution < -0.4 is 15.2 Å². The van der Waals surface area contributed by atoms with E-state index >= 15 is 0 Å². The molecule has 39 heavy (non-hydrogen) atoms. The van der Waals surface area contributed by atoms with E-state index in [1.54, 1.807) is 14.2 Å². The van der Waals surface area contributed by atoms with Gasteiger partial charge in [0.1, 0.15) is 17.1 Å². The summed E-state index contributed by atoms with van der Waals surface area (Å²) in [5.41, 5.74) is 7.41. The number of methoxy groups -OCH3 is 2. The van der Waals surface area contributed by atoms with E-state index in [-0.39, 0.29) is 12.5 Å². The monoisotopic (exact) mass is 532 g/mol. The number of ether oxygens (including phenoxy) is 3. The van der Waals surface area contributed by atoms with Gasteiger partial charge in [0.05, 0.1) is 33.0 Å². The number of aliphatic hydroxyl groups is 1. The Kier molecular flexibility index (Phi) is 9.98. The number of carbonyl (C=O) groups excluding carboxylic acids is 1. The average molecular weight is 533 g/mol. The van der Waals surface area contributed by atoms with Gasteiger partial charge in [-0.3, -0.25) is 4.79 Å². The minimum absolute atomic E-state index is 0.0236. The number of rotatable bonds is 13. The number of unbranched alkanes of at least 4 members (excludes halogenated alkanes) is 2. The highest BCUT2D eigenvalue weighted by Gasteiger charge is 2.51. The Hall–Kier alpha value is -3.39. The number of amides is 1. The second-order valence-electron chi connectivity index (χ2n) is 10.0. The number of hydrogen-bond acceptors (Lipinski definition) is 6. The van der Waals surface area contributed by atoms with Crippen molar-refractivity contribution in [3.05, 3.63) is 95.6 Å². The van der Waals surface area contributed by atoms with E-state index in [1.807, 2.05) is 83.8 Å². The Morgan fingerprint density at radius 3 is 2.13 bits per heavy atom. The fourth-order valence-corrected chi connectivity index (χ4v) is 5.47. The SMILES string of the molecule is COc1ccc(COC(c2ccccc2)(c2ccc(OC)cc2)C2CC(O)CN2C(=O)CCCCCN)cc1. The zero-order chi connectivity index (χ0) is 27.7. The molecule has 1 fully saturated rings. The molecule has 3 aromatic carbocycles. The van der Waals surface area contributed by atoms with Gasteiger partial charge in [0.15, 0.2) is 0 Å². The molecule has 7 nitrogen and oxygen atoms in total. The molecular weight excluding hydrogens is 492 g/mol.